The molecular weight excluding hydrogens is 234 g/mol. The quantitative estimate of drug-likeness (QED) is 0.899. The highest BCUT2D eigenvalue weighted by atomic mass is 35.5. The number of aryl methyl sites for hydroxylation is 1. The van der Waals surface area contributed by atoms with Gasteiger partial charge in [0.15, 0.2) is 11.0 Å². The maximum absolute atomic E-state index is 5.82. The van der Waals surface area contributed by atoms with Gasteiger partial charge in [-0.3, -0.25) is 0 Å². The number of hydrogen-bond donors (Lipinski definition) is 1. The van der Waals surface area contributed by atoms with E-state index in [1.165, 1.54) is 0 Å². The van der Waals surface area contributed by atoms with E-state index in [1.54, 1.807) is 0 Å². The van der Waals surface area contributed by atoms with Crippen LogP contribution >= 0.6 is 23.3 Å². The van der Waals surface area contributed by atoms with Crippen molar-refractivity contribution in [3.8, 4) is 0 Å². The van der Waals surface area contributed by atoms with Gasteiger partial charge in [0, 0.05) is 0 Å². The van der Waals surface area contributed by atoms with E-state index >= 15 is 0 Å². The van der Waals surface area contributed by atoms with Crippen LogP contribution in [0.4, 0.5) is 5.82 Å². The molecule has 2 aromatic rings. The Morgan fingerprint density at radius 1 is 1.47 bits per heavy atom. The molecular formula is C9H10ClN3OS. The van der Waals surface area contributed by atoms with E-state index in [4.69, 9.17) is 16.0 Å². The first kappa shape index (κ1) is 10.4. The number of nitrogens with one attached hydrogen (secondary N) is 1. The Labute approximate surface area is 96.6 Å². The SMILES string of the molecule is Cc1ccc(C(C)Nc2nsnc2Cl)o1. The molecule has 1 N–H and O–H groups in total. The molecule has 2 heterocycles. The number of nitrogens with zero attached hydrogens (tertiary/aromatic N) is 2. The van der Waals surface area contributed by atoms with Crippen molar-refractivity contribution < 1.29 is 4.42 Å². The minimum Gasteiger partial charge on any atom is -0.464 e. The third-order valence-corrected chi connectivity index (χ3v) is 2.88. The van der Waals surface area contributed by atoms with E-state index < -0.39 is 0 Å². The molecule has 0 spiro atoms. The highest BCUT2D eigenvalue weighted by Gasteiger charge is 2.13. The molecule has 0 aliphatic heterocycles. The first-order chi connectivity index (χ1) is 7.16. The minimum absolute atomic E-state index is 0.0279. The van der Waals surface area contributed by atoms with Crippen LogP contribution in [0.1, 0.15) is 24.5 Å². The second-order valence-corrected chi connectivity index (χ2v) is 4.10. The van der Waals surface area contributed by atoms with Gasteiger partial charge in [0.2, 0.25) is 0 Å². The maximum atomic E-state index is 5.82. The van der Waals surface area contributed by atoms with Gasteiger partial charge in [-0.15, -0.1) is 0 Å². The van der Waals surface area contributed by atoms with E-state index in [0.29, 0.717) is 11.0 Å². The average molecular weight is 244 g/mol. The predicted octanol–water partition coefficient (Wildman–Crippen LogP) is 3.27. The molecule has 2 aromatic heterocycles. The number of halogens is 1. The number of aromatic nitrogens is 2. The lowest BCUT2D eigenvalue weighted by atomic mass is 10.2. The summed E-state index contributed by atoms with van der Waals surface area (Å²) in [5.74, 6) is 2.35. The summed E-state index contributed by atoms with van der Waals surface area (Å²) in [5, 5.41) is 3.53. The van der Waals surface area contributed by atoms with Crippen LogP contribution in [0.25, 0.3) is 0 Å². The standard InChI is InChI=1S/C9H10ClN3OS/c1-5-3-4-7(14-5)6(2)11-9-8(10)12-15-13-9/h3-4,6H,1-2H3,(H,11,13). The first-order valence-corrected chi connectivity index (χ1v) is 5.58. The van der Waals surface area contributed by atoms with Crippen molar-refractivity contribution >= 4 is 29.1 Å². The predicted molar refractivity (Wildman–Crippen MR) is 60.4 cm³/mol. The largest absolute Gasteiger partial charge is 0.464 e. The third kappa shape index (κ3) is 2.30. The van der Waals surface area contributed by atoms with E-state index in [1.807, 2.05) is 26.0 Å². The molecule has 0 fully saturated rings. The number of anilines is 1. The van der Waals surface area contributed by atoms with E-state index in [9.17, 15) is 0 Å². The summed E-state index contributed by atoms with van der Waals surface area (Å²) in [6.45, 7) is 3.89. The van der Waals surface area contributed by atoms with Gasteiger partial charge in [0.1, 0.15) is 11.5 Å². The highest BCUT2D eigenvalue weighted by Crippen LogP contribution is 2.24. The second-order valence-electron chi connectivity index (χ2n) is 3.22. The molecule has 4 nitrogen and oxygen atoms in total. The molecule has 0 aliphatic rings. The van der Waals surface area contributed by atoms with Gasteiger partial charge in [-0.25, -0.2) is 0 Å². The van der Waals surface area contributed by atoms with Gasteiger partial charge in [-0.05, 0) is 26.0 Å². The highest BCUT2D eigenvalue weighted by molar-refractivity contribution is 6.99. The molecule has 2 rings (SSSR count). The number of rotatable bonds is 3. The van der Waals surface area contributed by atoms with Crippen molar-refractivity contribution in [2.45, 2.75) is 19.9 Å². The fourth-order valence-electron chi connectivity index (χ4n) is 1.23. The molecule has 15 heavy (non-hydrogen) atoms. The lowest BCUT2D eigenvalue weighted by Crippen LogP contribution is -2.05. The Kier molecular flexibility index (Phi) is 2.93. The molecule has 6 heteroatoms. The normalized spacial score (nSPS) is 12.7. The van der Waals surface area contributed by atoms with Gasteiger partial charge in [-0.1, -0.05) is 11.6 Å². The third-order valence-electron chi connectivity index (χ3n) is 1.99. The summed E-state index contributed by atoms with van der Waals surface area (Å²) >= 11 is 6.90. The smallest absolute Gasteiger partial charge is 0.186 e. The molecule has 0 bridgehead atoms. The van der Waals surface area contributed by atoms with Crippen molar-refractivity contribution in [3.63, 3.8) is 0 Å². The van der Waals surface area contributed by atoms with E-state index in [2.05, 4.69) is 14.1 Å². The van der Waals surface area contributed by atoms with Gasteiger partial charge in [0.05, 0.1) is 17.8 Å². The molecule has 1 unspecified atom stereocenters. The second kappa shape index (κ2) is 4.20. The van der Waals surface area contributed by atoms with Gasteiger partial charge >= 0.3 is 0 Å². The van der Waals surface area contributed by atoms with Crippen LogP contribution in [0, 0.1) is 6.92 Å². The van der Waals surface area contributed by atoms with Crippen LogP contribution in [0.15, 0.2) is 16.5 Å². The molecule has 0 radical (unpaired) electrons. The first-order valence-electron chi connectivity index (χ1n) is 4.47. The zero-order valence-electron chi connectivity index (χ0n) is 8.32. The minimum atomic E-state index is 0.0279. The monoisotopic (exact) mass is 243 g/mol. The van der Waals surface area contributed by atoms with Crippen LogP contribution < -0.4 is 5.32 Å². The zero-order valence-corrected chi connectivity index (χ0v) is 9.89. The van der Waals surface area contributed by atoms with Crippen molar-refractivity contribution in [2.24, 2.45) is 0 Å². The van der Waals surface area contributed by atoms with Crippen LogP contribution in [0.2, 0.25) is 5.15 Å². The summed E-state index contributed by atoms with van der Waals surface area (Å²) < 4.78 is 13.4. The van der Waals surface area contributed by atoms with Crippen LogP contribution in [0.3, 0.4) is 0 Å². The molecule has 0 aromatic carbocycles. The number of hydrogen-bond acceptors (Lipinski definition) is 5. The Bertz CT molecular complexity index is 454. The van der Waals surface area contributed by atoms with Crippen molar-refractivity contribution in [1.82, 2.24) is 8.75 Å². The van der Waals surface area contributed by atoms with Crippen molar-refractivity contribution in [3.05, 3.63) is 28.8 Å². The van der Waals surface area contributed by atoms with E-state index in [0.717, 1.165) is 23.2 Å². The Hall–Kier alpha value is -1.07. The lowest BCUT2D eigenvalue weighted by molar-refractivity contribution is 0.466. The molecule has 0 saturated heterocycles. The van der Waals surface area contributed by atoms with Crippen molar-refractivity contribution in [1.29, 1.82) is 0 Å². The maximum Gasteiger partial charge on any atom is 0.186 e. The van der Waals surface area contributed by atoms with Crippen LogP contribution in [0.5, 0.6) is 0 Å². The molecule has 80 valence electrons. The topological polar surface area (TPSA) is 51.0 Å². The summed E-state index contributed by atoms with van der Waals surface area (Å²) in [6, 6.07) is 3.88. The van der Waals surface area contributed by atoms with Crippen LogP contribution in [-0.4, -0.2) is 8.75 Å². The summed E-state index contributed by atoms with van der Waals surface area (Å²) in [7, 11) is 0. The molecule has 0 aliphatic carbocycles. The zero-order chi connectivity index (χ0) is 10.8. The molecule has 0 amide bonds. The Morgan fingerprint density at radius 3 is 2.80 bits per heavy atom. The van der Waals surface area contributed by atoms with Gasteiger partial charge < -0.3 is 9.73 Å². The van der Waals surface area contributed by atoms with Crippen molar-refractivity contribution in [2.75, 3.05) is 5.32 Å². The summed E-state index contributed by atoms with van der Waals surface area (Å²) in [4.78, 5) is 0. The average Bonchev–Trinajstić information content (AvgIpc) is 2.77. The summed E-state index contributed by atoms with van der Waals surface area (Å²) in [5.41, 5.74) is 0. The van der Waals surface area contributed by atoms with E-state index in [-0.39, 0.29) is 6.04 Å². The van der Waals surface area contributed by atoms with Gasteiger partial charge in [0.25, 0.3) is 0 Å². The Balaban J connectivity index is 2.10. The van der Waals surface area contributed by atoms with Crippen LogP contribution in [-0.2, 0) is 0 Å². The number of furan rings is 1. The van der Waals surface area contributed by atoms with Gasteiger partial charge in [-0.2, -0.15) is 8.75 Å². The Morgan fingerprint density at radius 2 is 2.27 bits per heavy atom. The lowest BCUT2D eigenvalue weighted by Gasteiger charge is -2.09. The molecule has 1 atom stereocenters. The fourth-order valence-corrected chi connectivity index (χ4v) is 1.89. The fraction of sp³-hybridized carbons (Fsp3) is 0.333. The summed E-state index contributed by atoms with van der Waals surface area (Å²) in [6.07, 6.45) is 0. The molecule has 0 saturated carbocycles.